The van der Waals surface area contributed by atoms with Crippen LogP contribution in [0, 0.1) is 11.3 Å². The van der Waals surface area contributed by atoms with Gasteiger partial charge in [-0.2, -0.15) is 5.11 Å². The van der Waals surface area contributed by atoms with E-state index in [2.05, 4.69) is 10.4 Å². The lowest BCUT2D eigenvalue weighted by Crippen LogP contribution is -2.32. The van der Waals surface area contributed by atoms with E-state index in [1.807, 2.05) is 13.8 Å². The minimum Gasteiger partial charge on any atom is -0.350 e. The zero-order valence-corrected chi connectivity index (χ0v) is 9.25. The number of hydrogen-bond donors (Lipinski definition) is 2. The first-order valence-electron chi connectivity index (χ1n) is 5.06. The molecular formula is C11H14FN3O. The van der Waals surface area contributed by atoms with Crippen LogP contribution in [0.5, 0.6) is 0 Å². The van der Waals surface area contributed by atoms with Crippen LogP contribution in [-0.4, -0.2) is 11.9 Å². The fourth-order valence-electron chi connectivity index (χ4n) is 1.19. The van der Waals surface area contributed by atoms with Crippen molar-refractivity contribution in [3.8, 4) is 0 Å². The second-order valence-electron chi connectivity index (χ2n) is 3.56. The lowest BCUT2D eigenvalue weighted by atomic mass is 10.1. The molecule has 0 saturated heterocycles. The van der Waals surface area contributed by atoms with Crippen LogP contribution in [-0.2, 0) is 0 Å². The van der Waals surface area contributed by atoms with E-state index in [1.54, 1.807) is 0 Å². The predicted molar refractivity (Wildman–Crippen MR) is 58.4 cm³/mol. The quantitative estimate of drug-likeness (QED) is 0.757. The number of hydrogen-bond acceptors (Lipinski definition) is 3. The SMILES string of the molecule is CCC(C)NC(=O)c1cc(F)ccc1N=N. The van der Waals surface area contributed by atoms with Crippen LogP contribution in [0.3, 0.4) is 0 Å². The van der Waals surface area contributed by atoms with Crippen LogP contribution in [0.1, 0.15) is 30.6 Å². The third-order valence-electron chi connectivity index (χ3n) is 2.31. The molecule has 0 saturated carbocycles. The Morgan fingerprint density at radius 3 is 2.88 bits per heavy atom. The molecule has 0 bridgehead atoms. The summed E-state index contributed by atoms with van der Waals surface area (Å²) < 4.78 is 13.0. The molecule has 0 aliphatic heterocycles. The largest absolute Gasteiger partial charge is 0.350 e. The summed E-state index contributed by atoms with van der Waals surface area (Å²) in [5, 5.41) is 5.89. The number of amides is 1. The topological polar surface area (TPSA) is 65.3 Å². The molecule has 16 heavy (non-hydrogen) atoms. The van der Waals surface area contributed by atoms with Gasteiger partial charge in [0.05, 0.1) is 11.3 Å². The van der Waals surface area contributed by atoms with Gasteiger partial charge in [-0.1, -0.05) is 6.92 Å². The Labute approximate surface area is 93.4 Å². The molecule has 0 radical (unpaired) electrons. The fourth-order valence-corrected chi connectivity index (χ4v) is 1.19. The molecule has 1 atom stereocenters. The van der Waals surface area contributed by atoms with Crippen molar-refractivity contribution in [2.75, 3.05) is 0 Å². The van der Waals surface area contributed by atoms with Crippen LogP contribution in [0.4, 0.5) is 10.1 Å². The van der Waals surface area contributed by atoms with E-state index in [1.165, 1.54) is 12.1 Å². The summed E-state index contributed by atoms with van der Waals surface area (Å²) in [6.45, 7) is 3.79. The predicted octanol–water partition coefficient (Wildman–Crippen LogP) is 3.02. The van der Waals surface area contributed by atoms with Crippen LogP contribution in [0.25, 0.3) is 0 Å². The zero-order chi connectivity index (χ0) is 12.1. The smallest absolute Gasteiger partial charge is 0.253 e. The zero-order valence-electron chi connectivity index (χ0n) is 9.25. The molecule has 1 aromatic carbocycles. The van der Waals surface area contributed by atoms with Crippen molar-refractivity contribution in [2.45, 2.75) is 26.3 Å². The Kier molecular flexibility index (Phi) is 4.10. The lowest BCUT2D eigenvalue weighted by Gasteiger charge is -2.12. The summed E-state index contributed by atoms with van der Waals surface area (Å²) >= 11 is 0. The molecule has 86 valence electrons. The normalized spacial score (nSPS) is 11.9. The molecule has 1 amide bonds. The van der Waals surface area contributed by atoms with E-state index in [0.717, 1.165) is 12.5 Å². The van der Waals surface area contributed by atoms with Crippen LogP contribution in [0.2, 0.25) is 0 Å². The molecule has 0 heterocycles. The summed E-state index contributed by atoms with van der Waals surface area (Å²) in [5.74, 6) is -0.915. The van der Waals surface area contributed by atoms with Gasteiger partial charge < -0.3 is 5.32 Å². The third kappa shape index (κ3) is 2.85. The number of carbonyl (C=O) groups excluding carboxylic acids is 1. The highest BCUT2D eigenvalue weighted by atomic mass is 19.1. The molecule has 0 spiro atoms. The Morgan fingerprint density at radius 1 is 1.62 bits per heavy atom. The van der Waals surface area contributed by atoms with Gasteiger partial charge in [0.15, 0.2) is 0 Å². The third-order valence-corrected chi connectivity index (χ3v) is 2.31. The summed E-state index contributed by atoms with van der Waals surface area (Å²) in [6, 6.07) is 3.58. The van der Waals surface area contributed by atoms with Gasteiger partial charge in [0, 0.05) is 6.04 Å². The Bertz CT molecular complexity index is 406. The standard InChI is InChI=1S/C11H14FN3O/c1-3-7(2)14-11(16)9-6-8(12)4-5-10(9)15-13/h4-7,13H,3H2,1-2H3,(H,14,16). The first-order chi connectivity index (χ1) is 7.58. The second kappa shape index (κ2) is 5.34. The molecule has 1 rings (SSSR count). The van der Waals surface area contributed by atoms with Gasteiger partial charge in [0.1, 0.15) is 5.82 Å². The first-order valence-corrected chi connectivity index (χ1v) is 5.06. The van der Waals surface area contributed by atoms with E-state index >= 15 is 0 Å². The van der Waals surface area contributed by atoms with E-state index in [4.69, 9.17) is 5.53 Å². The van der Waals surface area contributed by atoms with E-state index in [9.17, 15) is 9.18 Å². The molecule has 0 fully saturated rings. The number of nitrogens with one attached hydrogen (secondary N) is 2. The average molecular weight is 223 g/mol. The monoisotopic (exact) mass is 223 g/mol. The van der Waals surface area contributed by atoms with E-state index < -0.39 is 11.7 Å². The van der Waals surface area contributed by atoms with E-state index in [0.29, 0.717) is 0 Å². The Hall–Kier alpha value is -1.78. The van der Waals surface area contributed by atoms with Crippen molar-refractivity contribution < 1.29 is 9.18 Å². The van der Waals surface area contributed by atoms with Gasteiger partial charge in [-0.05, 0) is 31.5 Å². The molecule has 0 aliphatic carbocycles. The second-order valence-corrected chi connectivity index (χ2v) is 3.56. The summed E-state index contributed by atoms with van der Waals surface area (Å²) in [5.41, 5.74) is 7.16. The number of nitrogens with zero attached hydrogens (tertiary/aromatic N) is 1. The first kappa shape index (κ1) is 12.3. The van der Waals surface area contributed by atoms with Crippen molar-refractivity contribution in [1.29, 1.82) is 5.53 Å². The Morgan fingerprint density at radius 2 is 2.31 bits per heavy atom. The number of benzene rings is 1. The van der Waals surface area contributed by atoms with Gasteiger partial charge in [0.2, 0.25) is 0 Å². The minimum atomic E-state index is -0.512. The molecule has 0 aliphatic rings. The van der Waals surface area contributed by atoms with Crippen molar-refractivity contribution in [3.63, 3.8) is 0 Å². The summed E-state index contributed by atoms with van der Waals surface area (Å²) in [7, 11) is 0. The van der Waals surface area contributed by atoms with Gasteiger partial charge in [0.25, 0.3) is 5.91 Å². The maximum absolute atomic E-state index is 13.0. The molecule has 5 heteroatoms. The highest BCUT2D eigenvalue weighted by molar-refractivity contribution is 5.99. The van der Waals surface area contributed by atoms with Gasteiger partial charge >= 0.3 is 0 Å². The van der Waals surface area contributed by atoms with Crippen molar-refractivity contribution in [3.05, 3.63) is 29.6 Å². The lowest BCUT2D eigenvalue weighted by molar-refractivity contribution is 0.0939. The highest BCUT2D eigenvalue weighted by Crippen LogP contribution is 2.20. The molecular weight excluding hydrogens is 209 g/mol. The minimum absolute atomic E-state index is 0.00866. The molecule has 2 N–H and O–H groups in total. The number of halogens is 1. The summed E-state index contributed by atoms with van der Waals surface area (Å²) in [4.78, 5) is 11.7. The van der Waals surface area contributed by atoms with Gasteiger partial charge in [-0.3, -0.25) is 4.79 Å². The maximum Gasteiger partial charge on any atom is 0.253 e. The summed E-state index contributed by atoms with van der Waals surface area (Å²) in [6.07, 6.45) is 0.786. The van der Waals surface area contributed by atoms with Gasteiger partial charge in [-0.15, -0.1) is 0 Å². The molecule has 1 aromatic rings. The Balaban J connectivity index is 2.97. The fraction of sp³-hybridized carbons (Fsp3) is 0.364. The molecule has 4 nitrogen and oxygen atoms in total. The molecule has 0 aromatic heterocycles. The van der Waals surface area contributed by atoms with Gasteiger partial charge in [-0.25, -0.2) is 9.92 Å². The number of rotatable bonds is 4. The van der Waals surface area contributed by atoms with Crippen molar-refractivity contribution >= 4 is 11.6 Å². The number of carbonyl (C=O) groups is 1. The average Bonchev–Trinajstić information content (AvgIpc) is 2.28. The van der Waals surface area contributed by atoms with Crippen LogP contribution < -0.4 is 5.32 Å². The van der Waals surface area contributed by atoms with Crippen LogP contribution in [0.15, 0.2) is 23.3 Å². The van der Waals surface area contributed by atoms with E-state index in [-0.39, 0.29) is 17.3 Å². The maximum atomic E-state index is 13.0. The highest BCUT2D eigenvalue weighted by Gasteiger charge is 2.13. The van der Waals surface area contributed by atoms with Crippen molar-refractivity contribution in [2.24, 2.45) is 5.11 Å². The van der Waals surface area contributed by atoms with Crippen molar-refractivity contribution in [1.82, 2.24) is 5.32 Å². The van der Waals surface area contributed by atoms with Crippen LogP contribution >= 0.6 is 0 Å². The molecule has 1 unspecified atom stereocenters.